The molecule has 1 fully saturated rings. The molecule has 0 spiro atoms. The third-order valence-electron chi connectivity index (χ3n) is 3.51. The molecule has 20 heavy (non-hydrogen) atoms. The van der Waals surface area contributed by atoms with Crippen molar-refractivity contribution in [3.63, 3.8) is 0 Å². The maximum Gasteiger partial charge on any atom is 0.260 e. The molecule has 0 saturated heterocycles. The Balaban J connectivity index is 2.00. The van der Waals surface area contributed by atoms with Crippen molar-refractivity contribution in [3.8, 4) is 5.75 Å². The smallest absolute Gasteiger partial charge is 0.260 e. The number of rotatable bonds is 5. The fraction of sp³-hybridized carbons (Fsp3) is 0.467. The molecule has 1 aromatic rings. The molecule has 1 atom stereocenters. The Hall–Kier alpha value is -1.55. The van der Waals surface area contributed by atoms with E-state index >= 15 is 0 Å². The van der Waals surface area contributed by atoms with Crippen molar-refractivity contribution in [2.24, 2.45) is 0 Å². The molecule has 4 nitrogen and oxygen atoms in total. The number of ether oxygens (including phenoxy) is 1. The normalized spacial score (nSPS) is 16.7. The minimum absolute atomic E-state index is 0.159. The minimum atomic E-state index is -0.659. The van der Waals surface area contributed by atoms with Crippen molar-refractivity contribution in [2.75, 3.05) is 0 Å². The van der Waals surface area contributed by atoms with Gasteiger partial charge in [-0.25, -0.2) is 0 Å². The Morgan fingerprint density at radius 1 is 1.45 bits per heavy atom. The molecular formula is C15H18ClNO3. The van der Waals surface area contributed by atoms with Crippen LogP contribution in [-0.2, 0) is 4.79 Å². The van der Waals surface area contributed by atoms with Gasteiger partial charge >= 0.3 is 0 Å². The van der Waals surface area contributed by atoms with Crippen molar-refractivity contribution in [2.45, 2.75) is 44.8 Å². The van der Waals surface area contributed by atoms with E-state index in [-0.39, 0.29) is 17.5 Å². The number of aldehydes is 1. The van der Waals surface area contributed by atoms with Crippen LogP contribution in [0.4, 0.5) is 0 Å². The van der Waals surface area contributed by atoms with Crippen molar-refractivity contribution in [1.29, 1.82) is 0 Å². The summed E-state index contributed by atoms with van der Waals surface area (Å²) in [5.74, 6) is 0.176. The number of nitrogens with one attached hydrogen (secondary N) is 1. The van der Waals surface area contributed by atoms with Gasteiger partial charge in [0.1, 0.15) is 5.75 Å². The van der Waals surface area contributed by atoms with Gasteiger partial charge in [0.15, 0.2) is 12.4 Å². The highest BCUT2D eigenvalue weighted by atomic mass is 35.5. The largest absolute Gasteiger partial charge is 0.480 e. The fourth-order valence-electron chi connectivity index (χ4n) is 2.37. The molecule has 1 aromatic carbocycles. The second-order valence-electron chi connectivity index (χ2n) is 5.02. The lowest BCUT2D eigenvalue weighted by Crippen LogP contribution is -2.41. The van der Waals surface area contributed by atoms with Gasteiger partial charge in [-0.2, -0.15) is 0 Å². The summed E-state index contributed by atoms with van der Waals surface area (Å²) in [6.07, 6.45) is 4.34. The van der Waals surface area contributed by atoms with Crippen LogP contribution in [0.5, 0.6) is 5.75 Å². The van der Waals surface area contributed by atoms with E-state index in [9.17, 15) is 9.59 Å². The number of carbonyl (C=O) groups is 2. The topological polar surface area (TPSA) is 55.4 Å². The van der Waals surface area contributed by atoms with Gasteiger partial charge in [-0.15, -0.1) is 0 Å². The highest BCUT2D eigenvalue weighted by Gasteiger charge is 2.22. The first-order valence-corrected chi connectivity index (χ1v) is 7.20. The molecule has 1 aliphatic carbocycles. The summed E-state index contributed by atoms with van der Waals surface area (Å²) in [5.41, 5.74) is 0.273. The van der Waals surface area contributed by atoms with Gasteiger partial charge in [-0.05, 0) is 31.9 Å². The van der Waals surface area contributed by atoms with Gasteiger partial charge in [0, 0.05) is 6.04 Å². The monoisotopic (exact) mass is 295 g/mol. The van der Waals surface area contributed by atoms with Crippen LogP contribution in [0.2, 0.25) is 5.02 Å². The first-order valence-electron chi connectivity index (χ1n) is 6.82. The van der Waals surface area contributed by atoms with Gasteiger partial charge in [0.2, 0.25) is 0 Å². The average Bonchev–Trinajstić information content (AvgIpc) is 2.91. The van der Waals surface area contributed by atoms with Crippen LogP contribution in [0, 0.1) is 0 Å². The lowest BCUT2D eigenvalue weighted by Gasteiger charge is -2.19. The Morgan fingerprint density at radius 3 is 2.80 bits per heavy atom. The number of amides is 1. The number of halogens is 1. The molecule has 0 aliphatic heterocycles. The number of hydrogen-bond acceptors (Lipinski definition) is 3. The Kier molecular flexibility index (Phi) is 5.01. The van der Waals surface area contributed by atoms with Crippen LogP contribution in [0.25, 0.3) is 0 Å². The van der Waals surface area contributed by atoms with E-state index in [0.717, 1.165) is 25.7 Å². The predicted octanol–water partition coefficient (Wildman–Crippen LogP) is 2.98. The van der Waals surface area contributed by atoms with E-state index < -0.39 is 6.10 Å². The summed E-state index contributed by atoms with van der Waals surface area (Å²) in [5, 5.41) is 3.29. The molecule has 1 saturated carbocycles. The number of benzene rings is 1. The molecule has 1 aliphatic rings. The molecule has 0 heterocycles. The van der Waals surface area contributed by atoms with E-state index in [1.165, 1.54) is 0 Å². The summed E-state index contributed by atoms with van der Waals surface area (Å²) in [7, 11) is 0. The van der Waals surface area contributed by atoms with E-state index in [4.69, 9.17) is 16.3 Å². The summed E-state index contributed by atoms with van der Waals surface area (Å²) < 4.78 is 5.56. The zero-order valence-corrected chi connectivity index (χ0v) is 12.2. The maximum atomic E-state index is 12.0. The molecule has 0 radical (unpaired) electrons. The summed E-state index contributed by atoms with van der Waals surface area (Å²) >= 11 is 5.92. The molecule has 5 heteroatoms. The van der Waals surface area contributed by atoms with Crippen molar-refractivity contribution < 1.29 is 14.3 Å². The Bertz CT molecular complexity index is 498. The summed E-state index contributed by atoms with van der Waals surface area (Å²) in [4.78, 5) is 23.0. The van der Waals surface area contributed by atoms with Gasteiger partial charge in [-0.1, -0.05) is 30.5 Å². The molecule has 108 valence electrons. The van der Waals surface area contributed by atoms with E-state index in [0.29, 0.717) is 17.1 Å². The van der Waals surface area contributed by atoms with Crippen LogP contribution >= 0.6 is 11.6 Å². The van der Waals surface area contributed by atoms with E-state index in [1.54, 1.807) is 25.1 Å². The summed E-state index contributed by atoms with van der Waals surface area (Å²) in [6.45, 7) is 1.67. The predicted molar refractivity (Wildman–Crippen MR) is 77.3 cm³/mol. The number of hydrogen-bond donors (Lipinski definition) is 1. The zero-order chi connectivity index (χ0) is 14.5. The molecule has 1 unspecified atom stereocenters. The van der Waals surface area contributed by atoms with Crippen molar-refractivity contribution >= 4 is 23.8 Å². The molecule has 0 bridgehead atoms. The molecule has 0 aromatic heterocycles. The highest BCUT2D eigenvalue weighted by molar-refractivity contribution is 6.33. The Labute approximate surface area is 123 Å². The van der Waals surface area contributed by atoms with Crippen LogP contribution in [0.15, 0.2) is 18.2 Å². The third-order valence-corrected chi connectivity index (χ3v) is 3.83. The third kappa shape index (κ3) is 3.51. The minimum Gasteiger partial charge on any atom is -0.480 e. The highest BCUT2D eigenvalue weighted by Crippen LogP contribution is 2.25. The van der Waals surface area contributed by atoms with Gasteiger partial charge in [-0.3, -0.25) is 9.59 Å². The molecule has 1 N–H and O–H groups in total. The fourth-order valence-corrected chi connectivity index (χ4v) is 2.58. The average molecular weight is 296 g/mol. The van der Waals surface area contributed by atoms with Crippen LogP contribution in [-0.4, -0.2) is 24.3 Å². The first kappa shape index (κ1) is 14.9. The van der Waals surface area contributed by atoms with E-state index in [2.05, 4.69) is 5.32 Å². The standard InChI is InChI=1S/C15H18ClNO3/c1-10(15(19)17-11-5-2-3-6-11)20-14-8-4-7-13(16)12(14)9-18/h4,7-11H,2-3,5-6H2,1H3,(H,17,19). The lowest BCUT2D eigenvalue weighted by molar-refractivity contribution is -0.127. The van der Waals surface area contributed by atoms with Crippen molar-refractivity contribution in [1.82, 2.24) is 5.32 Å². The van der Waals surface area contributed by atoms with Crippen LogP contribution < -0.4 is 10.1 Å². The first-order chi connectivity index (χ1) is 9.61. The maximum absolute atomic E-state index is 12.0. The van der Waals surface area contributed by atoms with Gasteiger partial charge in [0.25, 0.3) is 5.91 Å². The molecule has 2 rings (SSSR count). The Morgan fingerprint density at radius 2 is 2.15 bits per heavy atom. The quantitative estimate of drug-likeness (QED) is 0.850. The lowest BCUT2D eigenvalue weighted by atomic mass is 10.2. The second-order valence-corrected chi connectivity index (χ2v) is 5.43. The van der Waals surface area contributed by atoms with Crippen LogP contribution in [0.3, 0.4) is 0 Å². The van der Waals surface area contributed by atoms with Crippen molar-refractivity contribution in [3.05, 3.63) is 28.8 Å². The zero-order valence-electron chi connectivity index (χ0n) is 11.4. The van der Waals surface area contributed by atoms with Gasteiger partial charge < -0.3 is 10.1 Å². The number of carbonyl (C=O) groups excluding carboxylic acids is 2. The van der Waals surface area contributed by atoms with Crippen LogP contribution in [0.1, 0.15) is 43.0 Å². The molecule has 1 amide bonds. The second kappa shape index (κ2) is 6.75. The van der Waals surface area contributed by atoms with E-state index in [1.807, 2.05) is 0 Å². The van der Waals surface area contributed by atoms with Gasteiger partial charge in [0.05, 0.1) is 10.6 Å². The molecular weight excluding hydrogens is 278 g/mol. The summed E-state index contributed by atoms with van der Waals surface area (Å²) in [6, 6.07) is 5.18. The SMILES string of the molecule is CC(Oc1cccc(Cl)c1C=O)C(=O)NC1CCCC1.